The highest BCUT2D eigenvalue weighted by molar-refractivity contribution is 7.10. The normalized spacial score (nSPS) is 14.2. The molecule has 0 saturated carbocycles. The van der Waals surface area contributed by atoms with E-state index in [9.17, 15) is 5.11 Å². The van der Waals surface area contributed by atoms with Crippen molar-refractivity contribution in [1.82, 2.24) is 9.97 Å². The van der Waals surface area contributed by atoms with Crippen molar-refractivity contribution < 1.29 is 5.11 Å². The summed E-state index contributed by atoms with van der Waals surface area (Å²) in [6, 6.07) is 5.79. The third-order valence-electron chi connectivity index (χ3n) is 2.39. The minimum Gasteiger partial charge on any atom is -0.387 e. The van der Waals surface area contributed by atoms with Gasteiger partial charge in [-0.2, -0.15) is 0 Å². The van der Waals surface area contributed by atoms with E-state index in [0.717, 1.165) is 4.88 Å². The van der Waals surface area contributed by atoms with Crippen LogP contribution in [0.15, 0.2) is 36.0 Å². The quantitative estimate of drug-likeness (QED) is 0.854. The standard InChI is InChI=1S/C12H15N3OS/c1-9(15-12-13-5-3-6-14-12)8-10(16)11-4-2-7-17-11/h2-7,9-10,16H,8H2,1H3,(H,13,14,15)/t9-,10+/m0/s1. The monoisotopic (exact) mass is 249 g/mol. The minimum atomic E-state index is -0.429. The van der Waals surface area contributed by atoms with Gasteiger partial charge in [0.1, 0.15) is 0 Å². The van der Waals surface area contributed by atoms with Crippen molar-refractivity contribution in [2.45, 2.75) is 25.5 Å². The molecule has 2 aromatic rings. The van der Waals surface area contributed by atoms with Crippen molar-refractivity contribution in [3.63, 3.8) is 0 Å². The van der Waals surface area contributed by atoms with Gasteiger partial charge in [0.15, 0.2) is 0 Å². The topological polar surface area (TPSA) is 58.0 Å². The van der Waals surface area contributed by atoms with Gasteiger partial charge in [-0.05, 0) is 30.9 Å². The molecule has 2 N–H and O–H groups in total. The van der Waals surface area contributed by atoms with E-state index >= 15 is 0 Å². The Hall–Kier alpha value is -1.46. The molecule has 2 rings (SSSR count). The Balaban J connectivity index is 1.87. The number of hydrogen-bond donors (Lipinski definition) is 2. The highest BCUT2D eigenvalue weighted by atomic mass is 32.1. The second kappa shape index (κ2) is 5.75. The summed E-state index contributed by atoms with van der Waals surface area (Å²) in [7, 11) is 0. The average Bonchev–Trinajstić information content (AvgIpc) is 2.83. The Kier molecular flexibility index (Phi) is 4.06. The summed E-state index contributed by atoms with van der Waals surface area (Å²) < 4.78 is 0. The van der Waals surface area contributed by atoms with Gasteiger partial charge >= 0.3 is 0 Å². The largest absolute Gasteiger partial charge is 0.387 e. The first-order valence-electron chi connectivity index (χ1n) is 5.50. The first-order valence-corrected chi connectivity index (χ1v) is 6.38. The summed E-state index contributed by atoms with van der Waals surface area (Å²) in [6.07, 6.45) is 3.59. The van der Waals surface area contributed by atoms with Crippen molar-refractivity contribution in [3.05, 3.63) is 40.8 Å². The molecule has 0 bridgehead atoms. The number of nitrogens with zero attached hydrogens (tertiary/aromatic N) is 2. The Bertz CT molecular complexity index is 432. The van der Waals surface area contributed by atoms with Gasteiger partial charge in [0.05, 0.1) is 6.10 Å². The van der Waals surface area contributed by atoms with E-state index in [0.29, 0.717) is 12.4 Å². The predicted octanol–water partition coefficient (Wildman–Crippen LogP) is 2.46. The van der Waals surface area contributed by atoms with Crippen molar-refractivity contribution in [3.8, 4) is 0 Å². The van der Waals surface area contributed by atoms with Crippen LogP contribution in [0.25, 0.3) is 0 Å². The summed E-state index contributed by atoms with van der Waals surface area (Å²) in [5.41, 5.74) is 0. The van der Waals surface area contributed by atoms with Crippen molar-refractivity contribution in [1.29, 1.82) is 0 Å². The second-order valence-corrected chi connectivity index (χ2v) is 4.86. The predicted molar refractivity (Wildman–Crippen MR) is 69.0 cm³/mol. The zero-order valence-corrected chi connectivity index (χ0v) is 10.4. The molecule has 2 aromatic heterocycles. The fourth-order valence-electron chi connectivity index (χ4n) is 1.58. The van der Waals surface area contributed by atoms with E-state index in [2.05, 4.69) is 15.3 Å². The molecular formula is C12H15N3OS. The molecule has 0 radical (unpaired) electrons. The summed E-state index contributed by atoms with van der Waals surface area (Å²) >= 11 is 1.57. The zero-order chi connectivity index (χ0) is 12.1. The summed E-state index contributed by atoms with van der Waals surface area (Å²) in [5, 5.41) is 15.1. The SMILES string of the molecule is C[C@@H](C[C@@H](O)c1cccs1)Nc1ncccn1. The van der Waals surface area contributed by atoms with Gasteiger partial charge in [-0.15, -0.1) is 11.3 Å². The Labute approximate surface area is 104 Å². The van der Waals surface area contributed by atoms with Crippen molar-refractivity contribution >= 4 is 17.3 Å². The van der Waals surface area contributed by atoms with Crippen LogP contribution in [0.5, 0.6) is 0 Å². The van der Waals surface area contributed by atoms with Gasteiger partial charge in [0.25, 0.3) is 0 Å². The Morgan fingerprint density at radius 2 is 2.12 bits per heavy atom. The van der Waals surface area contributed by atoms with Gasteiger partial charge in [-0.25, -0.2) is 9.97 Å². The van der Waals surface area contributed by atoms with Crippen LogP contribution in [0.1, 0.15) is 24.3 Å². The van der Waals surface area contributed by atoms with E-state index in [-0.39, 0.29) is 6.04 Å². The van der Waals surface area contributed by atoms with Crippen LogP contribution in [-0.2, 0) is 0 Å². The summed E-state index contributed by atoms with van der Waals surface area (Å²) in [4.78, 5) is 9.17. The van der Waals surface area contributed by atoms with Gasteiger partial charge in [-0.3, -0.25) is 0 Å². The number of aromatic nitrogens is 2. The smallest absolute Gasteiger partial charge is 0.222 e. The number of anilines is 1. The van der Waals surface area contributed by atoms with Crippen LogP contribution in [-0.4, -0.2) is 21.1 Å². The van der Waals surface area contributed by atoms with Gasteiger partial charge < -0.3 is 10.4 Å². The first kappa shape index (κ1) is 12.0. The van der Waals surface area contributed by atoms with Crippen LogP contribution in [0.4, 0.5) is 5.95 Å². The Morgan fingerprint density at radius 3 is 2.76 bits per heavy atom. The van der Waals surface area contributed by atoms with E-state index in [1.807, 2.05) is 24.4 Å². The molecule has 2 heterocycles. The molecule has 0 saturated heterocycles. The maximum absolute atomic E-state index is 9.99. The molecule has 4 nitrogen and oxygen atoms in total. The number of thiophene rings is 1. The number of hydrogen-bond acceptors (Lipinski definition) is 5. The van der Waals surface area contributed by atoms with Gasteiger partial charge in [-0.1, -0.05) is 6.07 Å². The number of rotatable bonds is 5. The Morgan fingerprint density at radius 1 is 1.35 bits per heavy atom. The lowest BCUT2D eigenvalue weighted by molar-refractivity contribution is 0.166. The van der Waals surface area contributed by atoms with Gasteiger partial charge in [0, 0.05) is 23.3 Å². The first-order chi connectivity index (χ1) is 8.25. The third-order valence-corrected chi connectivity index (χ3v) is 3.36. The lowest BCUT2D eigenvalue weighted by Gasteiger charge is -2.16. The molecule has 0 unspecified atom stereocenters. The molecule has 0 aliphatic rings. The van der Waals surface area contributed by atoms with Crippen molar-refractivity contribution in [2.24, 2.45) is 0 Å². The molecular weight excluding hydrogens is 234 g/mol. The van der Waals surface area contributed by atoms with E-state index in [1.165, 1.54) is 0 Å². The fourth-order valence-corrected chi connectivity index (χ4v) is 2.31. The molecule has 5 heteroatoms. The van der Waals surface area contributed by atoms with Crippen LogP contribution in [0.2, 0.25) is 0 Å². The van der Waals surface area contributed by atoms with Crippen LogP contribution < -0.4 is 5.32 Å². The van der Waals surface area contributed by atoms with E-state index in [1.54, 1.807) is 29.8 Å². The van der Waals surface area contributed by atoms with E-state index in [4.69, 9.17) is 0 Å². The molecule has 90 valence electrons. The number of aliphatic hydroxyl groups excluding tert-OH is 1. The lowest BCUT2D eigenvalue weighted by atomic mass is 10.1. The molecule has 0 aromatic carbocycles. The molecule has 0 aliphatic heterocycles. The maximum atomic E-state index is 9.99. The highest BCUT2D eigenvalue weighted by Gasteiger charge is 2.13. The lowest BCUT2D eigenvalue weighted by Crippen LogP contribution is -2.19. The maximum Gasteiger partial charge on any atom is 0.222 e. The third kappa shape index (κ3) is 3.51. The van der Waals surface area contributed by atoms with Crippen LogP contribution >= 0.6 is 11.3 Å². The van der Waals surface area contributed by atoms with Crippen molar-refractivity contribution in [2.75, 3.05) is 5.32 Å². The molecule has 17 heavy (non-hydrogen) atoms. The molecule has 0 amide bonds. The fraction of sp³-hybridized carbons (Fsp3) is 0.333. The summed E-state index contributed by atoms with van der Waals surface area (Å²) in [6.45, 7) is 2.01. The number of nitrogens with one attached hydrogen (secondary N) is 1. The summed E-state index contributed by atoms with van der Waals surface area (Å²) in [5.74, 6) is 0.596. The molecule has 0 aliphatic carbocycles. The number of aliphatic hydroxyl groups is 1. The zero-order valence-electron chi connectivity index (χ0n) is 9.58. The van der Waals surface area contributed by atoms with E-state index < -0.39 is 6.10 Å². The second-order valence-electron chi connectivity index (χ2n) is 3.88. The van der Waals surface area contributed by atoms with Gasteiger partial charge in [0.2, 0.25) is 5.95 Å². The molecule has 2 atom stereocenters. The highest BCUT2D eigenvalue weighted by Crippen LogP contribution is 2.23. The van der Waals surface area contributed by atoms with Crippen LogP contribution in [0, 0.1) is 0 Å². The molecule has 0 spiro atoms. The minimum absolute atomic E-state index is 0.120. The molecule has 0 fully saturated rings. The van der Waals surface area contributed by atoms with Crippen LogP contribution in [0.3, 0.4) is 0 Å². The average molecular weight is 249 g/mol.